The Kier molecular flexibility index (Phi) is 2.98. The lowest BCUT2D eigenvalue weighted by Gasteiger charge is -2.07. The lowest BCUT2D eigenvalue weighted by atomic mass is 10.2. The summed E-state index contributed by atoms with van der Waals surface area (Å²) in [6.07, 6.45) is 0. The largest absolute Gasteiger partial charge is 0.397 e. The molecule has 0 spiro atoms. The summed E-state index contributed by atoms with van der Waals surface area (Å²) in [5.41, 5.74) is 8.81. The second-order valence-corrected chi connectivity index (χ2v) is 5.78. The zero-order valence-corrected chi connectivity index (χ0v) is 10.7. The number of nitrogen functional groups attached to an aromatic ring is 1. The Morgan fingerprint density at radius 1 is 1.27 bits per heavy atom. The highest BCUT2D eigenvalue weighted by Gasteiger charge is 2.01. The molecule has 0 aliphatic rings. The lowest BCUT2D eigenvalue weighted by molar-refractivity contribution is 1.46. The Bertz CT molecular complexity index is 479. The van der Waals surface area contributed by atoms with E-state index < -0.39 is 0 Å². The smallest absolute Gasteiger partial charge is 0.0938 e. The van der Waals surface area contributed by atoms with E-state index in [0.717, 1.165) is 20.2 Å². The van der Waals surface area contributed by atoms with Gasteiger partial charge in [-0.1, -0.05) is 6.07 Å². The summed E-state index contributed by atoms with van der Waals surface area (Å²) >= 11 is 5.07. The first-order valence-electron chi connectivity index (χ1n) is 4.53. The predicted molar refractivity (Wildman–Crippen MR) is 70.9 cm³/mol. The molecule has 2 aromatic rings. The maximum atomic E-state index is 5.91. The van der Waals surface area contributed by atoms with Gasteiger partial charge in [-0.15, -0.1) is 11.3 Å². The number of anilines is 3. The quantitative estimate of drug-likeness (QED) is 0.813. The number of hydrogen-bond acceptors (Lipinski definition) is 3. The molecule has 1 aromatic heterocycles. The summed E-state index contributed by atoms with van der Waals surface area (Å²) in [4.78, 5) is 0. The third-order valence-electron chi connectivity index (χ3n) is 2.04. The van der Waals surface area contributed by atoms with Crippen molar-refractivity contribution in [3.8, 4) is 0 Å². The van der Waals surface area contributed by atoms with Gasteiger partial charge in [0.05, 0.1) is 20.2 Å². The number of halogens is 1. The van der Waals surface area contributed by atoms with Crippen LogP contribution in [0.3, 0.4) is 0 Å². The number of nitrogens with one attached hydrogen (secondary N) is 1. The van der Waals surface area contributed by atoms with Gasteiger partial charge in [0, 0.05) is 0 Å². The van der Waals surface area contributed by atoms with Crippen molar-refractivity contribution in [2.45, 2.75) is 6.92 Å². The van der Waals surface area contributed by atoms with Crippen LogP contribution in [0.4, 0.5) is 16.4 Å². The second-order valence-electron chi connectivity index (χ2n) is 3.32. The topological polar surface area (TPSA) is 38.0 Å². The van der Waals surface area contributed by atoms with E-state index in [1.165, 1.54) is 5.56 Å². The lowest BCUT2D eigenvalue weighted by Crippen LogP contribution is -1.94. The standard InChI is InChI=1S/C11H11BrN2S/c1-7-2-3-9(8(13)6-7)14-11-5-4-10(12)15-11/h2-6,14H,13H2,1H3. The fourth-order valence-corrected chi connectivity index (χ4v) is 2.61. The molecule has 2 rings (SSSR count). The molecule has 0 fully saturated rings. The van der Waals surface area contributed by atoms with E-state index in [0.29, 0.717) is 0 Å². The Balaban J connectivity index is 2.24. The van der Waals surface area contributed by atoms with E-state index in [2.05, 4.69) is 21.2 Å². The molecule has 0 saturated heterocycles. The van der Waals surface area contributed by atoms with Crippen molar-refractivity contribution < 1.29 is 0 Å². The Morgan fingerprint density at radius 2 is 2.07 bits per heavy atom. The molecule has 78 valence electrons. The molecule has 15 heavy (non-hydrogen) atoms. The molecule has 0 aliphatic heterocycles. The van der Waals surface area contributed by atoms with Gasteiger partial charge in [0.15, 0.2) is 0 Å². The summed E-state index contributed by atoms with van der Waals surface area (Å²) in [5, 5.41) is 4.36. The van der Waals surface area contributed by atoms with Crippen molar-refractivity contribution in [3.63, 3.8) is 0 Å². The van der Waals surface area contributed by atoms with Gasteiger partial charge in [-0.3, -0.25) is 0 Å². The van der Waals surface area contributed by atoms with Crippen molar-refractivity contribution in [1.29, 1.82) is 0 Å². The fourth-order valence-electron chi connectivity index (χ4n) is 1.31. The van der Waals surface area contributed by atoms with E-state index in [1.807, 2.05) is 37.3 Å². The number of benzene rings is 1. The normalized spacial score (nSPS) is 10.3. The summed E-state index contributed by atoms with van der Waals surface area (Å²) in [6, 6.07) is 10.0. The molecule has 4 heteroatoms. The van der Waals surface area contributed by atoms with Crippen LogP contribution in [0.1, 0.15) is 5.56 Å². The SMILES string of the molecule is Cc1ccc(Nc2ccc(Br)s2)c(N)c1. The minimum Gasteiger partial charge on any atom is -0.397 e. The highest BCUT2D eigenvalue weighted by atomic mass is 79.9. The number of aryl methyl sites for hydroxylation is 1. The molecule has 0 aliphatic carbocycles. The minimum atomic E-state index is 0.777. The maximum Gasteiger partial charge on any atom is 0.0938 e. The Hall–Kier alpha value is -1.000. The van der Waals surface area contributed by atoms with Crippen molar-refractivity contribution in [2.75, 3.05) is 11.1 Å². The monoisotopic (exact) mass is 282 g/mol. The van der Waals surface area contributed by atoms with Crippen molar-refractivity contribution in [2.24, 2.45) is 0 Å². The molecule has 1 aromatic carbocycles. The molecule has 0 amide bonds. The van der Waals surface area contributed by atoms with Gasteiger partial charge >= 0.3 is 0 Å². The molecule has 0 radical (unpaired) electrons. The van der Waals surface area contributed by atoms with Crippen LogP contribution in [0, 0.1) is 6.92 Å². The zero-order chi connectivity index (χ0) is 10.8. The summed E-state index contributed by atoms with van der Waals surface area (Å²) in [7, 11) is 0. The average Bonchev–Trinajstić information content (AvgIpc) is 2.56. The molecule has 3 N–H and O–H groups in total. The second kappa shape index (κ2) is 4.24. The van der Waals surface area contributed by atoms with Gasteiger partial charge < -0.3 is 11.1 Å². The van der Waals surface area contributed by atoms with Crippen molar-refractivity contribution in [1.82, 2.24) is 0 Å². The van der Waals surface area contributed by atoms with Crippen LogP contribution in [0.2, 0.25) is 0 Å². The first-order valence-corrected chi connectivity index (χ1v) is 6.14. The molecular formula is C11H11BrN2S. The fraction of sp³-hybridized carbons (Fsp3) is 0.0909. The van der Waals surface area contributed by atoms with E-state index in [-0.39, 0.29) is 0 Å². The molecular weight excluding hydrogens is 272 g/mol. The van der Waals surface area contributed by atoms with Gasteiger partial charge in [-0.05, 0) is 52.7 Å². The van der Waals surface area contributed by atoms with Gasteiger partial charge in [-0.25, -0.2) is 0 Å². The number of hydrogen-bond donors (Lipinski definition) is 2. The van der Waals surface area contributed by atoms with Crippen LogP contribution in [0.25, 0.3) is 0 Å². The van der Waals surface area contributed by atoms with E-state index >= 15 is 0 Å². The molecule has 0 unspecified atom stereocenters. The van der Waals surface area contributed by atoms with Crippen molar-refractivity contribution in [3.05, 3.63) is 39.7 Å². The van der Waals surface area contributed by atoms with Gasteiger partial charge in [0.1, 0.15) is 0 Å². The minimum absolute atomic E-state index is 0.777. The predicted octanol–water partition coefficient (Wildman–Crippen LogP) is 4.14. The van der Waals surface area contributed by atoms with Crippen LogP contribution in [-0.4, -0.2) is 0 Å². The maximum absolute atomic E-state index is 5.91. The van der Waals surface area contributed by atoms with Gasteiger partial charge in [-0.2, -0.15) is 0 Å². The van der Waals surface area contributed by atoms with Crippen LogP contribution >= 0.6 is 27.3 Å². The van der Waals surface area contributed by atoms with Crippen molar-refractivity contribution >= 4 is 43.6 Å². The van der Waals surface area contributed by atoms with Crippen LogP contribution < -0.4 is 11.1 Å². The average molecular weight is 283 g/mol. The highest BCUT2D eigenvalue weighted by Crippen LogP contribution is 2.31. The van der Waals surface area contributed by atoms with Crippen LogP contribution in [-0.2, 0) is 0 Å². The molecule has 0 atom stereocenters. The summed E-state index contributed by atoms with van der Waals surface area (Å²) in [5.74, 6) is 0. The number of thiophene rings is 1. The molecule has 2 nitrogen and oxygen atoms in total. The summed E-state index contributed by atoms with van der Waals surface area (Å²) < 4.78 is 1.11. The Labute approximate surface area is 101 Å². The first-order chi connectivity index (χ1) is 7.15. The Morgan fingerprint density at radius 3 is 2.67 bits per heavy atom. The van der Waals surface area contributed by atoms with Gasteiger partial charge in [0.25, 0.3) is 0 Å². The number of nitrogens with two attached hydrogens (primary N) is 1. The van der Waals surface area contributed by atoms with Crippen LogP contribution in [0.5, 0.6) is 0 Å². The third kappa shape index (κ3) is 2.52. The highest BCUT2D eigenvalue weighted by molar-refractivity contribution is 9.11. The third-order valence-corrected chi connectivity index (χ3v) is 3.58. The van der Waals surface area contributed by atoms with E-state index in [1.54, 1.807) is 11.3 Å². The van der Waals surface area contributed by atoms with Gasteiger partial charge in [0.2, 0.25) is 0 Å². The summed E-state index contributed by atoms with van der Waals surface area (Å²) in [6.45, 7) is 2.03. The zero-order valence-electron chi connectivity index (χ0n) is 8.25. The van der Waals surface area contributed by atoms with Crippen LogP contribution in [0.15, 0.2) is 34.1 Å². The molecule has 1 heterocycles. The first kappa shape index (κ1) is 10.5. The van der Waals surface area contributed by atoms with E-state index in [4.69, 9.17) is 5.73 Å². The number of rotatable bonds is 2. The molecule has 0 saturated carbocycles. The van der Waals surface area contributed by atoms with E-state index in [9.17, 15) is 0 Å². The molecule has 0 bridgehead atoms.